The Kier molecular flexibility index (Phi) is 3.33. The quantitative estimate of drug-likeness (QED) is 0.757. The zero-order chi connectivity index (χ0) is 17.8. The van der Waals surface area contributed by atoms with Crippen LogP contribution in [0.15, 0.2) is 29.3 Å². The molecule has 0 saturated heterocycles. The van der Waals surface area contributed by atoms with Crippen LogP contribution in [0.1, 0.15) is 50.0 Å². The van der Waals surface area contributed by atoms with Gasteiger partial charge in [0, 0.05) is 16.0 Å². The number of nitrogens with zero attached hydrogens (tertiary/aromatic N) is 4. The molecule has 0 fully saturated rings. The molecule has 6 nitrogen and oxygen atoms in total. The summed E-state index contributed by atoms with van der Waals surface area (Å²) in [6.07, 6.45) is 3.34. The number of benzene rings is 1. The van der Waals surface area contributed by atoms with Crippen molar-refractivity contribution < 1.29 is 9.90 Å². The molecule has 7 heteroatoms. The SMILES string of the molecule is Cc1nnc2n1-c1sc3c(c1C(c1ccc(C(=O)O)cc1)=NC2)CCC3. The van der Waals surface area contributed by atoms with E-state index in [0.29, 0.717) is 6.54 Å². The van der Waals surface area contributed by atoms with Crippen molar-refractivity contribution in [2.45, 2.75) is 32.7 Å². The lowest BCUT2D eigenvalue weighted by molar-refractivity contribution is 0.0697. The highest BCUT2D eigenvalue weighted by molar-refractivity contribution is 7.15. The lowest BCUT2D eigenvalue weighted by Crippen LogP contribution is -2.08. The molecule has 130 valence electrons. The van der Waals surface area contributed by atoms with Crippen LogP contribution in [0.3, 0.4) is 0 Å². The molecule has 0 unspecified atom stereocenters. The summed E-state index contributed by atoms with van der Waals surface area (Å²) in [7, 11) is 0. The summed E-state index contributed by atoms with van der Waals surface area (Å²) >= 11 is 1.81. The Morgan fingerprint density at radius 1 is 1.19 bits per heavy atom. The largest absolute Gasteiger partial charge is 0.478 e. The standard InChI is InChI=1S/C19H16N4O2S/c1-10-21-22-15-9-20-17(11-5-7-12(8-6-11)19(24)25)16-13-3-2-4-14(13)26-18(16)23(10)15/h5-8H,2-4,9H2,1H3,(H,24,25). The summed E-state index contributed by atoms with van der Waals surface area (Å²) in [5.41, 5.74) is 4.72. The molecule has 0 bridgehead atoms. The number of thiophene rings is 1. The van der Waals surface area contributed by atoms with Crippen LogP contribution in [-0.2, 0) is 19.4 Å². The molecule has 1 aromatic carbocycles. The van der Waals surface area contributed by atoms with E-state index in [-0.39, 0.29) is 5.56 Å². The number of carboxylic acid groups (broad SMARTS) is 1. The number of fused-ring (bicyclic) bond motifs is 5. The molecule has 1 aliphatic carbocycles. The number of aromatic carboxylic acids is 1. The van der Waals surface area contributed by atoms with Gasteiger partial charge in [-0.15, -0.1) is 21.5 Å². The van der Waals surface area contributed by atoms with E-state index in [9.17, 15) is 4.79 Å². The van der Waals surface area contributed by atoms with Crippen molar-refractivity contribution in [2.24, 2.45) is 4.99 Å². The Balaban J connectivity index is 1.73. The number of carbonyl (C=O) groups is 1. The summed E-state index contributed by atoms with van der Waals surface area (Å²) < 4.78 is 2.13. The molecule has 26 heavy (non-hydrogen) atoms. The smallest absolute Gasteiger partial charge is 0.335 e. The summed E-state index contributed by atoms with van der Waals surface area (Å²) in [5.74, 6) is 0.804. The predicted molar refractivity (Wildman–Crippen MR) is 98.7 cm³/mol. The van der Waals surface area contributed by atoms with Crippen LogP contribution < -0.4 is 0 Å². The first kappa shape index (κ1) is 15.5. The van der Waals surface area contributed by atoms with Gasteiger partial charge in [-0.1, -0.05) is 12.1 Å². The zero-order valence-corrected chi connectivity index (χ0v) is 15.0. The number of hydrogen-bond donors (Lipinski definition) is 1. The van der Waals surface area contributed by atoms with Gasteiger partial charge in [-0.3, -0.25) is 9.56 Å². The number of carboxylic acids is 1. The number of aromatic nitrogens is 3. The lowest BCUT2D eigenvalue weighted by Gasteiger charge is -2.10. The highest BCUT2D eigenvalue weighted by Gasteiger charge is 2.30. The van der Waals surface area contributed by atoms with Crippen LogP contribution in [0.4, 0.5) is 0 Å². The van der Waals surface area contributed by atoms with Crippen molar-refractivity contribution in [2.75, 3.05) is 0 Å². The third-order valence-electron chi connectivity index (χ3n) is 5.02. The number of rotatable bonds is 2. The minimum atomic E-state index is -0.918. The van der Waals surface area contributed by atoms with Crippen LogP contribution in [0.2, 0.25) is 0 Å². The first-order valence-corrected chi connectivity index (χ1v) is 9.39. The van der Waals surface area contributed by atoms with Gasteiger partial charge in [0.1, 0.15) is 17.4 Å². The number of aliphatic imine (C=N–C) groups is 1. The van der Waals surface area contributed by atoms with Gasteiger partial charge in [0.25, 0.3) is 0 Å². The third kappa shape index (κ3) is 2.17. The van der Waals surface area contributed by atoms with E-state index >= 15 is 0 Å². The molecule has 2 aliphatic rings. The molecular formula is C19H16N4O2S. The molecule has 1 N–H and O–H groups in total. The van der Waals surface area contributed by atoms with Gasteiger partial charge in [0.05, 0.1) is 11.3 Å². The highest BCUT2D eigenvalue weighted by Crippen LogP contribution is 2.41. The average molecular weight is 364 g/mol. The van der Waals surface area contributed by atoms with Gasteiger partial charge in [0.2, 0.25) is 0 Å². The second-order valence-corrected chi connectivity index (χ2v) is 7.67. The Bertz CT molecular complexity index is 1080. The van der Waals surface area contributed by atoms with Crippen molar-refractivity contribution in [1.29, 1.82) is 0 Å². The normalized spacial score (nSPS) is 15.0. The molecule has 0 amide bonds. The van der Waals surface area contributed by atoms with Crippen LogP contribution in [0.5, 0.6) is 0 Å². The molecule has 2 aromatic heterocycles. The van der Waals surface area contributed by atoms with Crippen molar-refractivity contribution in [3.8, 4) is 5.00 Å². The molecule has 0 saturated carbocycles. The zero-order valence-electron chi connectivity index (χ0n) is 14.2. The monoisotopic (exact) mass is 364 g/mol. The van der Waals surface area contributed by atoms with Gasteiger partial charge in [-0.25, -0.2) is 4.79 Å². The van der Waals surface area contributed by atoms with Crippen LogP contribution in [-0.4, -0.2) is 31.6 Å². The van der Waals surface area contributed by atoms with Crippen molar-refractivity contribution in [3.05, 3.63) is 63.0 Å². The van der Waals surface area contributed by atoms with Crippen LogP contribution >= 0.6 is 11.3 Å². The fourth-order valence-electron chi connectivity index (χ4n) is 3.80. The van der Waals surface area contributed by atoms with Crippen molar-refractivity contribution in [3.63, 3.8) is 0 Å². The Labute approximate surface area is 153 Å². The lowest BCUT2D eigenvalue weighted by atomic mass is 9.98. The highest BCUT2D eigenvalue weighted by atomic mass is 32.1. The van der Waals surface area contributed by atoms with Gasteiger partial charge in [-0.2, -0.15) is 0 Å². The second kappa shape index (κ2) is 5.60. The van der Waals surface area contributed by atoms with Crippen molar-refractivity contribution >= 4 is 23.0 Å². The Hall–Kier alpha value is -2.80. The summed E-state index contributed by atoms with van der Waals surface area (Å²) in [5, 5.41) is 18.8. The minimum absolute atomic E-state index is 0.284. The summed E-state index contributed by atoms with van der Waals surface area (Å²) in [6, 6.07) is 6.99. The maximum absolute atomic E-state index is 11.2. The van der Waals surface area contributed by atoms with E-state index in [1.54, 1.807) is 12.1 Å². The molecule has 0 atom stereocenters. The topological polar surface area (TPSA) is 80.4 Å². The summed E-state index contributed by atoms with van der Waals surface area (Å²) in [6.45, 7) is 2.44. The Morgan fingerprint density at radius 2 is 2.00 bits per heavy atom. The van der Waals surface area contributed by atoms with Gasteiger partial charge in [0.15, 0.2) is 5.82 Å². The van der Waals surface area contributed by atoms with E-state index < -0.39 is 5.97 Å². The molecule has 3 aromatic rings. The molecular weight excluding hydrogens is 348 g/mol. The minimum Gasteiger partial charge on any atom is -0.478 e. The van der Waals surface area contributed by atoms with E-state index in [2.05, 4.69) is 14.8 Å². The first-order chi connectivity index (χ1) is 12.6. The summed E-state index contributed by atoms with van der Waals surface area (Å²) in [4.78, 5) is 17.4. The second-order valence-electron chi connectivity index (χ2n) is 6.58. The fraction of sp³-hybridized carbons (Fsp3) is 0.263. The van der Waals surface area contributed by atoms with Gasteiger partial charge < -0.3 is 5.11 Å². The van der Waals surface area contributed by atoms with E-state index in [0.717, 1.165) is 40.8 Å². The first-order valence-electron chi connectivity index (χ1n) is 8.58. The van der Waals surface area contributed by atoms with Crippen LogP contribution in [0, 0.1) is 6.92 Å². The van der Waals surface area contributed by atoms with Crippen LogP contribution in [0.25, 0.3) is 5.00 Å². The Morgan fingerprint density at radius 3 is 2.77 bits per heavy atom. The number of hydrogen-bond acceptors (Lipinski definition) is 5. The molecule has 0 radical (unpaired) electrons. The third-order valence-corrected chi connectivity index (χ3v) is 6.30. The van der Waals surface area contributed by atoms with E-state index in [4.69, 9.17) is 10.1 Å². The van der Waals surface area contributed by atoms with E-state index in [1.807, 2.05) is 30.4 Å². The molecule has 0 spiro atoms. The fourth-order valence-corrected chi connectivity index (χ4v) is 5.26. The molecule has 1 aliphatic heterocycles. The average Bonchev–Trinajstić information content (AvgIpc) is 3.28. The maximum Gasteiger partial charge on any atom is 0.335 e. The predicted octanol–water partition coefficient (Wildman–Crippen LogP) is 3.18. The van der Waals surface area contributed by atoms with Crippen molar-refractivity contribution in [1.82, 2.24) is 14.8 Å². The van der Waals surface area contributed by atoms with E-state index in [1.165, 1.54) is 22.4 Å². The molecule has 5 rings (SSSR count). The molecule has 3 heterocycles. The maximum atomic E-state index is 11.2. The van der Waals surface area contributed by atoms with Gasteiger partial charge in [-0.05, 0) is 43.9 Å². The number of aryl methyl sites for hydroxylation is 2. The van der Waals surface area contributed by atoms with Gasteiger partial charge >= 0.3 is 5.97 Å².